The van der Waals surface area contributed by atoms with Crippen molar-refractivity contribution in [3.8, 4) is 33.4 Å². The molecule has 0 atom stereocenters. The Balaban J connectivity index is 0.863. The second-order valence-electron chi connectivity index (χ2n) is 25.8. The van der Waals surface area contributed by atoms with Crippen molar-refractivity contribution < 1.29 is 0 Å². The highest BCUT2D eigenvalue weighted by Crippen LogP contribution is 2.64. The average Bonchev–Trinajstić information content (AvgIpc) is 1.52. The van der Waals surface area contributed by atoms with E-state index in [1.807, 2.05) is 0 Å². The zero-order valence-electron chi connectivity index (χ0n) is 51.3. The first-order valence-electron chi connectivity index (χ1n) is 31.9. The average molecular weight is 1160 g/mol. The lowest BCUT2D eigenvalue weighted by molar-refractivity contribution is 0.666. The van der Waals surface area contributed by atoms with Crippen molar-refractivity contribution in [1.29, 1.82) is 0 Å². The van der Waals surface area contributed by atoms with E-state index < -0.39 is 5.41 Å². The summed E-state index contributed by atoms with van der Waals surface area (Å²) < 4.78 is 0. The fourth-order valence-electron chi connectivity index (χ4n) is 16.4. The van der Waals surface area contributed by atoms with Gasteiger partial charge in [0.05, 0.1) is 11.1 Å². The normalized spacial score (nSPS) is 13.5. The molecule has 0 saturated heterocycles. The lowest BCUT2D eigenvalue weighted by Crippen LogP contribution is -2.26. The Morgan fingerprint density at radius 1 is 0.242 bits per heavy atom. The molecule has 0 aromatic heterocycles. The Morgan fingerprint density at radius 3 is 1.30 bits per heavy atom. The Kier molecular flexibility index (Phi) is 11.7. The molecule has 0 fully saturated rings. The van der Waals surface area contributed by atoms with Gasteiger partial charge in [-0.25, -0.2) is 0 Å². The third-order valence-electron chi connectivity index (χ3n) is 20.1. The molecule has 430 valence electrons. The molecule has 0 saturated carbocycles. The van der Waals surface area contributed by atoms with Crippen LogP contribution in [0.2, 0.25) is 0 Å². The first-order valence-corrected chi connectivity index (χ1v) is 31.9. The molecule has 0 aliphatic heterocycles. The van der Waals surface area contributed by atoms with Crippen molar-refractivity contribution in [2.45, 2.75) is 38.5 Å². The van der Waals surface area contributed by atoms with Crippen LogP contribution in [-0.2, 0) is 10.8 Å². The van der Waals surface area contributed by atoms with Gasteiger partial charge >= 0.3 is 0 Å². The van der Waals surface area contributed by atoms with E-state index in [0.717, 1.165) is 62.3 Å². The van der Waals surface area contributed by atoms with Gasteiger partial charge in [-0.1, -0.05) is 232 Å². The van der Waals surface area contributed by atoms with Crippen LogP contribution >= 0.6 is 0 Å². The molecule has 0 amide bonds. The number of nitrogens with zero attached hydrogens (tertiary/aromatic N) is 3. The second kappa shape index (κ2) is 20.1. The van der Waals surface area contributed by atoms with Crippen LogP contribution in [0.3, 0.4) is 0 Å². The summed E-state index contributed by atoms with van der Waals surface area (Å²) in [5.41, 5.74) is 26.9. The van der Waals surface area contributed by atoms with Crippen LogP contribution < -0.4 is 14.7 Å². The van der Waals surface area contributed by atoms with Crippen LogP contribution in [0, 0.1) is 13.8 Å². The number of aryl methyl sites for hydroxylation is 2. The van der Waals surface area contributed by atoms with Crippen molar-refractivity contribution in [2.24, 2.45) is 0 Å². The van der Waals surface area contributed by atoms with Gasteiger partial charge in [0.25, 0.3) is 0 Å². The maximum absolute atomic E-state index is 2.53. The van der Waals surface area contributed by atoms with Gasteiger partial charge in [0.1, 0.15) is 0 Å². The standard InChI is InChI=1S/C88H63N3/c1-56-47-67(89(63-26-6-5-7-27-63)66-42-45-76-75-32-16-19-35-81(75)88(83(76)55-66)79-33-17-14-30-73(79)74-31-15-18-34-80(74)88)52-68(48-56)90(65-43-46-77-78-44-40-61-38-37-60-23-11-13-29-72(60)85(61)86(78)87(3,4)82(77)54-65)69-49-57(2)50-70(53-69)91(64-41-39-58-21-8-9-24-62(58)51-64)84-36-20-25-59-22-10-12-28-71(59)84/h5-55H,1-4H3. The molecular weight excluding hydrogens is 1100 g/mol. The predicted molar refractivity (Wildman–Crippen MR) is 384 cm³/mol. The Labute approximate surface area is 531 Å². The van der Waals surface area contributed by atoms with Crippen LogP contribution in [0.15, 0.2) is 309 Å². The van der Waals surface area contributed by atoms with Crippen molar-refractivity contribution in [3.63, 3.8) is 0 Å². The molecule has 0 heterocycles. The zero-order chi connectivity index (χ0) is 60.7. The fourth-order valence-corrected chi connectivity index (χ4v) is 16.4. The Hall–Kier alpha value is -11.3. The van der Waals surface area contributed by atoms with E-state index in [1.165, 1.54) is 110 Å². The minimum atomic E-state index is -0.498. The maximum Gasteiger partial charge on any atom is 0.0726 e. The summed E-state index contributed by atoms with van der Waals surface area (Å²) in [6.45, 7) is 9.39. The largest absolute Gasteiger partial charge is 0.310 e. The molecule has 3 nitrogen and oxygen atoms in total. The Bertz CT molecular complexity index is 5450. The van der Waals surface area contributed by atoms with Crippen LogP contribution in [0.25, 0.3) is 76.5 Å². The summed E-state index contributed by atoms with van der Waals surface area (Å²) in [6.07, 6.45) is 0. The molecule has 3 heteroatoms. The monoisotopic (exact) mass is 1160 g/mol. The molecule has 3 aliphatic carbocycles. The summed E-state index contributed by atoms with van der Waals surface area (Å²) >= 11 is 0. The Morgan fingerprint density at radius 2 is 0.659 bits per heavy atom. The molecule has 91 heavy (non-hydrogen) atoms. The van der Waals surface area contributed by atoms with E-state index in [1.54, 1.807) is 0 Å². The third-order valence-corrected chi connectivity index (χ3v) is 20.1. The number of anilines is 9. The molecule has 3 aliphatic rings. The highest BCUT2D eigenvalue weighted by Gasteiger charge is 2.52. The van der Waals surface area contributed by atoms with Crippen molar-refractivity contribution in [1.82, 2.24) is 0 Å². The first-order chi connectivity index (χ1) is 44.7. The summed E-state index contributed by atoms with van der Waals surface area (Å²) in [5, 5.41) is 9.95. The van der Waals surface area contributed by atoms with E-state index in [2.05, 4.69) is 352 Å². The lowest BCUT2D eigenvalue weighted by Gasteiger charge is -2.33. The van der Waals surface area contributed by atoms with Crippen molar-refractivity contribution >= 4 is 94.3 Å². The maximum atomic E-state index is 2.53. The van der Waals surface area contributed by atoms with Gasteiger partial charge < -0.3 is 14.7 Å². The van der Waals surface area contributed by atoms with Crippen LogP contribution in [0.1, 0.15) is 58.4 Å². The molecular formula is C88H63N3. The molecule has 15 aromatic rings. The smallest absolute Gasteiger partial charge is 0.0726 e. The van der Waals surface area contributed by atoms with Gasteiger partial charge in [-0.15, -0.1) is 0 Å². The number of para-hydroxylation sites is 1. The first kappa shape index (κ1) is 52.8. The molecule has 0 unspecified atom stereocenters. The number of rotatable bonds is 9. The summed E-state index contributed by atoms with van der Waals surface area (Å²) in [7, 11) is 0. The molecule has 18 rings (SSSR count). The number of fused-ring (bicyclic) bond motifs is 19. The zero-order valence-corrected chi connectivity index (χ0v) is 51.3. The minimum Gasteiger partial charge on any atom is -0.310 e. The molecule has 0 bridgehead atoms. The highest BCUT2D eigenvalue weighted by atomic mass is 15.2. The predicted octanol–water partition coefficient (Wildman–Crippen LogP) is 24.0. The second-order valence-corrected chi connectivity index (χ2v) is 25.8. The van der Waals surface area contributed by atoms with Crippen molar-refractivity contribution in [3.05, 3.63) is 354 Å². The van der Waals surface area contributed by atoms with Gasteiger partial charge in [-0.05, 0) is 220 Å². The van der Waals surface area contributed by atoms with Gasteiger partial charge in [0.2, 0.25) is 0 Å². The van der Waals surface area contributed by atoms with Gasteiger partial charge in [-0.2, -0.15) is 0 Å². The van der Waals surface area contributed by atoms with E-state index >= 15 is 0 Å². The van der Waals surface area contributed by atoms with Gasteiger partial charge in [-0.3, -0.25) is 0 Å². The van der Waals surface area contributed by atoms with E-state index in [4.69, 9.17) is 0 Å². The highest BCUT2D eigenvalue weighted by molar-refractivity contribution is 6.13. The van der Waals surface area contributed by atoms with E-state index in [0.29, 0.717) is 0 Å². The number of hydrogen-bond acceptors (Lipinski definition) is 3. The van der Waals surface area contributed by atoms with Gasteiger partial charge in [0, 0.05) is 56.3 Å². The van der Waals surface area contributed by atoms with E-state index in [9.17, 15) is 0 Å². The van der Waals surface area contributed by atoms with Crippen LogP contribution in [0.4, 0.5) is 51.2 Å². The topological polar surface area (TPSA) is 9.72 Å². The lowest BCUT2D eigenvalue weighted by atomic mass is 9.70. The van der Waals surface area contributed by atoms with Crippen LogP contribution in [-0.4, -0.2) is 0 Å². The number of hydrogen-bond donors (Lipinski definition) is 0. The molecule has 0 N–H and O–H groups in total. The van der Waals surface area contributed by atoms with E-state index in [-0.39, 0.29) is 5.41 Å². The van der Waals surface area contributed by atoms with Gasteiger partial charge in [0.15, 0.2) is 0 Å². The quantitative estimate of drug-likeness (QED) is 0.133. The number of benzene rings is 15. The molecule has 15 aromatic carbocycles. The van der Waals surface area contributed by atoms with Crippen LogP contribution in [0.5, 0.6) is 0 Å². The van der Waals surface area contributed by atoms with Crippen molar-refractivity contribution in [2.75, 3.05) is 14.7 Å². The minimum absolute atomic E-state index is 0.332. The SMILES string of the molecule is Cc1cc(N(c2cc(C)cc(N(c3ccc4ccccc4c3)c3cccc4ccccc34)c2)c2ccc3c(c2)C(C)(C)c2c-3ccc3ccc4ccccc4c23)cc(N(c2ccccc2)c2ccc3c(c2)C2(c4ccccc4-c4ccccc42)c2ccccc2-3)c1. The fraction of sp³-hybridized carbons (Fsp3) is 0.0682. The summed E-state index contributed by atoms with van der Waals surface area (Å²) in [6, 6.07) is 116. The summed E-state index contributed by atoms with van der Waals surface area (Å²) in [4.78, 5) is 7.49. The summed E-state index contributed by atoms with van der Waals surface area (Å²) in [5.74, 6) is 0. The third kappa shape index (κ3) is 7.93. The molecule has 1 spiro atoms. The molecule has 0 radical (unpaired) electrons.